The molecule has 0 saturated carbocycles. The molecule has 0 unspecified atom stereocenters. The zero-order valence-corrected chi connectivity index (χ0v) is 37.3. The number of methoxy groups -OCH3 is 1. The van der Waals surface area contributed by atoms with Crippen molar-refractivity contribution < 1.29 is 61.9 Å². The van der Waals surface area contributed by atoms with Gasteiger partial charge in [-0.25, -0.2) is 18.8 Å². The number of nitrogens with one attached hydrogen (secondary N) is 1. The van der Waals surface area contributed by atoms with Gasteiger partial charge in [0.05, 0.1) is 36.1 Å². The summed E-state index contributed by atoms with van der Waals surface area (Å²) in [6, 6.07) is 11.6. The fraction of sp³-hybridized carbons (Fsp3) is 0.667. The number of hydrogen-bond acceptors (Lipinski definition) is 13. The van der Waals surface area contributed by atoms with Crippen LogP contribution in [0.2, 0.25) is 0 Å². The molecular weight excluding hydrogens is 794 g/mol. The molecule has 61 heavy (non-hydrogen) atoms. The predicted molar refractivity (Wildman–Crippen MR) is 223 cm³/mol. The van der Waals surface area contributed by atoms with Crippen molar-refractivity contribution in [2.24, 2.45) is 17.8 Å². The van der Waals surface area contributed by atoms with Gasteiger partial charge in [0, 0.05) is 42.8 Å². The minimum absolute atomic E-state index is 0.0182. The lowest BCUT2D eigenvalue weighted by Gasteiger charge is -2.47. The Balaban J connectivity index is 1.44. The molecule has 0 spiro atoms. The molecule has 0 bridgehead atoms. The molecule has 2 aromatic carbocycles. The summed E-state index contributed by atoms with van der Waals surface area (Å²) in [5.74, 6) is -6.11. The summed E-state index contributed by atoms with van der Waals surface area (Å²) in [7, 11) is 5.00. The molecule has 3 aliphatic heterocycles. The van der Waals surface area contributed by atoms with Gasteiger partial charge in [0.2, 0.25) is 0 Å². The third kappa shape index (κ3) is 9.73. The number of ether oxygens (including phenoxy) is 6. The Hall–Kier alpha value is -4.22. The number of benzene rings is 2. The molecule has 2 N–H and O–H groups in total. The van der Waals surface area contributed by atoms with Crippen LogP contribution in [0.15, 0.2) is 42.5 Å². The smallest absolute Gasteiger partial charge is 0.411 e. The first-order valence-electron chi connectivity index (χ1n) is 21.2. The topological polar surface area (TPSA) is 179 Å². The summed E-state index contributed by atoms with van der Waals surface area (Å²) in [5, 5.41) is 15.9. The first-order valence-corrected chi connectivity index (χ1v) is 21.2. The minimum Gasteiger partial charge on any atom is -0.455 e. The van der Waals surface area contributed by atoms with Gasteiger partial charge in [-0.3, -0.25) is 14.9 Å². The van der Waals surface area contributed by atoms with Crippen molar-refractivity contribution >= 4 is 46.2 Å². The van der Waals surface area contributed by atoms with Crippen LogP contribution in [0.3, 0.4) is 0 Å². The molecule has 338 valence electrons. The van der Waals surface area contributed by atoms with Crippen LogP contribution in [0, 0.1) is 17.8 Å². The third-order valence-corrected chi connectivity index (χ3v) is 13.0. The number of aliphatic hydroxyl groups excluding tert-OH is 1. The molecule has 13 atom stereocenters. The van der Waals surface area contributed by atoms with Gasteiger partial charge in [0.15, 0.2) is 17.7 Å². The third-order valence-electron chi connectivity index (χ3n) is 13.0. The molecule has 16 heteroatoms. The molecule has 3 heterocycles. The van der Waals surface area contributed by atoms with Gasteiger partial charge in [-0.2, -0.15) is 0 Å². The summed E-state index contributed by atoms with van der Waals surface area (Å²) >= 11 is 0. The van der Waals surface area contributed by atoms with E-state index in [2.05, 4.69) is 5.32 Å². The Morgan fingerprint density at radius 1 is 1.02 bits per heavy atom. The fourth-order valence-corrected chi connectivity index (χ4v) is 9.59. The van der Waals surface area contributed by atoms with Crippen LogP contribution in [0.5, 0.6) is 0 Å². The summed E-state index contributed by atoms with van der Waals surface area (Å²) in [6.45, 7) is 12.1. The second-order valence-corrected chi connectivity index (χ2v) is 17.7. The second-order valence-electron chi connectivity index (χ2n) is 17.7. The molecule has 3 fully saturated rings. The normalized spacial score (nSPS) is 36.6. The van der Waals surface area contributed by atoms with E-state index in [1.165, 1.54) is 25.9 Å². The molecule has 0 aromatic heterocycles. The van der Waals surface area contributed by atoms with Crippen LogP contribution in [0.4, 0.5) is 19.7 Å². The number of amides is 2. The number of hydrogen-bond donors (Lipinski definition) is 2. The molecule has 5 rings (SSSR count). The SMILES string of the molecule is CC[C@H]1OC(=O)[C@@](C)(F)C(=O)[C@H](C)[C@@H](O[C@@H]2O[C@H](C)C[C@H](N(C)C)[C@H]2O)[C@](C)(OC)C[C@@H](C)C(=O)[C@H](C)[C@H]2N(CCCOC(=O)Nc3cccc4ccccc34)C(=O)O[C@]12C. The molecule has 0 aliphatic carbocycles. The number of aliphatic hydroxyl groups is 1. The quantitative estimate of drug-likeness (QED) is 0.122. The van der Waals surface area contributed by atoms with Crippen LogP contribution in [0.1, 0.15) is 81.1 Å². The molecule has 2 amide bonds. The highest BCUT2D eigenvalue weighted by Gasteiger charge is 2.61. The van der Waals surface area contributed by atoms with Gasteiger partial charge in [-0.1, -0.05) is 64.1 Å². The summed E-state index contributed by atoms with van der Waals surface area (Å²) in [5.41, 5.74) is -5.82. The second kappa shape index (κ2) is 19.0. The van der Waals surface area contributed by atoms with E-state index in [4.69, 9.17) is 28.4 Å². The van der Waals surface area contributed by atoms with Gasteiger partial charge in [0.1, 0.15) is 18.0 Å². The Bertz CT molecular complexity index is 1920. The lowest BCUT2D eigenvalue weighted by atomic mass is 9.73. The van der Waals surface area contributed by atoms with Crippen LogP contribution in [0.25, 0.3) is 10.8 Å². The van der Waals surface area contributed by atoms with Crippen molar-refractivity contribution in [3.05, 3.63) is 42.5 Å². The number of likely N-dealkylation sites (N-methyl/N-ethyl adjacent to an activating group) is 1. The summed E-state index contributed by atoms with van der Waals surface area (Å²) in [4.78, 5) is 72.7. The standard InChI is InChI=1S/C45H64FN3O12/c1-12-33-45(8)36(49(42(55)61-45)21-16-22-57-41(54)47-31-20-15-18-29-17-13-14-19-30(29)31)27(4)34(50)25(2)24-43(6,56-11)38(28(5)37(52)44(7,46)40(53)59-33)60-39-35(51)32(48(9)10)23-26(3)58-39/h13-15,17-20,25-28,32-33,35-36,38-39,51H,12,16,21-24H2,1-11H3,(H,47,54)/t25-,26-,27+,28+,32+,33-,35-,36-,38-,39+,43-,44+,45-/m1/s1. The molecule has 0 radical (unpaired) electrons. The minimum atomic E-state index is -3.22. The number of halogens is 1. The highest BCUT2D eigenvalue weighted by atomic mass is 19.1. The predicted octanol–water partition coefficient (Wildman–Crippen LogP) is 6.07. The van der Waals surface area contributed by atoms with E-state index in [1.54, 1.807) is 33.8 Å². The largest absolute Gasteiger partial charge is 0.455 e. The Labute approximate surface area is 357 Å². The number of carbonyl (C=O) groups excluding carboxylic acids is 5. The average molecular weight is 858 g/mol. The molecule has 15 nitrogen and oxygen atoms in total. The molecular formula is C45H64FN3O12. The van der Waals surface area contributed by atoms with Crippen LogP contribution in [-0.4, -0.2) is 139 Å². The number of anilines is 1. The van der Waals surface area contributed by atoms with Crippen molar-refractivity contribution in [1.29, 1.82) is 0 Å². The first kappa shape index (κ1) is 47.8. The van der Waals surface area contributed by atoms with Crippen molar-refractivity contribution in [3.8, 4) is 0 Å². The zero-order valence-electron chi connectivity index (χ0n) is 37.3. The number of nitrogens with zero attached hydrogens (tertiary/aromatic N) is 2. The van der Waals surface area contributed by atoms with E-state index < -0.39 is 89.2 Å². The maximum absolute atomic E-state index is 16.9. The van der Waals surface area contributed by atoms with Crippen molar-refractivity contribution in [1.82, 2.24) is 9.80 Å². The van der Waals surface area contributed by atoms with Gasteiger partial charge in [-0.05, 0) is 78.9 Å². The highest BCUT2D eigenvalue weighted by Crippen LogP contribution is 2.43. The van der Waals surface area contributed by atoms with Crippen LogP contribution in [-0.2, 0) is 42.8 Å². The molecule has 3 aliphatic rings. The number of alkyl halides is 1. The van der Waals surface area contributed by atoms with E-state index in [9.17, 15) is 29.1 Å². The van der Waals surface area contributed by atoms with Crippen LogP contribution < -0.4 is 5.32 Å². The maximum Gasteiger partial charge on any atom is 0.411 e. The lowest BCUT2D eigenvalue weighted by molar-refractivity contribution is -0.295. The Kier molecular flexibility index (Phi) is 14.9. The van der Waals surface area contributed by atoms with Gasteiger partial charge >= 0.3 is 18.2 Å². The van der Waals surface area contributed by atoms with Gasteiger partial charge in [0.25, 0.3) is 5.67 Å². The number of esters is 1. The van der Waals surface area contributed by atoms with Crippen molar-refractivity contribution in [3.63, 3.8) is 0 Å². The van der Waals surface area contributed by atoms with Gasteiger partial charge in [-0.15, -0.1) is 0 Å². The number of fused-ring (bicyclic) bond motifs is 2. The fourth-order valence-electron chi connectivity index (χ4n) is 9.59. The van der Waals surface area contributed by atoms with Gasteiger partial charge < -0.3 is 43.3 Å². The van der Waals surface area contributed by atoms with E-state index >= 15 is 4.39 Å². The Morgan fingerprint density at radius 3 is 2.34 bits per heavy atom. The zero-order chi connectivity index (χ0) is 45.2. The lowest BCUT2D eigenvalue weighted by Crippen LogP contribution is -2.61. The van der Waals surface area contributed by atoms with Crippen molar-refractivity contribution in [2.75, 3.05) is 39.7 Å². The first-order chi connectivity index (χ1) is 28.6. The number of Topliss-reactive ketones (excluding diaryl/α,β-unsaturated/α-hetero) is 2. The number of carbonyl (C=O) groups is 5. The van der Waals surface area contributed by atoms with E-state index in [-0.39, 0.29) is 50.3 Å². The van der Waals surface area contributed by atoms with Crippen molar-refractivity contribution in [2.45, 2.75) is 141 Å². The number of ketones is 2. The highest BCUT2D eigenvalue weighted by molar-refractivity contribution is 6.08. The number of cyclic esters (lactones) is 1. The molecule has 2 aromatic rings. The monoisotopic (exact) mass is 857 g/mol. The molecule has 3 saturated heterocycles. The maximum atomic E-state index is 16.9. The van der Waals surface area contributed by atoms with E-state index in [0.717, 1.165) is 17.7 Å². The van der Waals surface area contributed by atoms with Crippen LogP contribution >= 0.6 is 0 Å². The summed E-state index contributed by atoms with van der Waals surface area (Å²) in [6.07, 6.45) is -6.33. The Morgan fingerprint density at radius 2 is 1.69 bits per heavy atom. The van der Waals surface area contributed by atoms with E-state index in [0.29, 0.717) is 12.1 Å². The summed E-state index contributed by atoms with van der Waals surface area (Å²) < 4.78 is 52.8. The number of rotatable bonds is 10. The van der Waals surface area contributed by atoms with E-state index in [1.807, 2.05) is 62.3 Å². The average Bonchev–Trinajstić information content (AvgIpc) is 3.48.